The molecule has 1 aliphatic rings. The van der Waals surface area contributed by atoms with Gasteiger partial charge in [0.25, 0.3) is 0 Å². The summed E-state index contributed by atoms with van der Waals surface area (Å²) in [5.74, 6) is 0.666. The highest BCUT2D eigenvalue weighted by molar-refractivity contribution is 6.05. The van der Waals surface area contributed by atoms with E-state index in [1.54, 1.807) is 6.20 Å². The van der Waals surface area contributed by atoms with Crippen LogP contribution in [0.3, 0.4) is 0 Å². The molecule has 1 aromatic heterocycles. The molecule has 0 N–H and O–H groups in total. The van der Waals surface area contributed by atoms with Gasteiger partial charge >= 0.3 is 0 Å². The number of carbonyl (C=O) groups is 2. The third kappa shape index (κ3) is 2.86. The van der Waals surface area contributed by atoms with Crippen LogP contribution in [0.25, 0.3) is 0 Å². The number of hydrogen-bond acceptors (Lipinski definition) is 3. The van der Waals surface area contributed by atoms with Crippen LogP contribution in [0.2, 0.25) is 0 Å². The minimum atomic E-state index is -0.603. The Labute approximate surface area is 142 Å². The van der Waals surface area contributed by atoms with Gasteiger partial charge in [-0.3, -0.25) is 14.5 Å². The van der Waals surface area contributed by atoms with Crippen molar-refractivity contribution in [2.45, 2.75) is 40.3 Å². The number of benzene rings is 1. The molecule has 2 heterocycles. The summed E-state index contributed by atoms with van der Waals surface area (Å²) >= 11 is 0. The maximum Gasteiger partial charge on any atom is 0.236 e. The number of imide groups is 1. The molecular formula is C19H23N3O2. The number of amides is 2. The van der Waals surface area contributed by atoms with Crippen LogP contribution in [-0.2, 0) is 22.7 Å². The molecule has 126 valence electrons. The van der Waals surface area contributed by atoms with Crippen molar-refractivity contribution in [3.05, 3.63) is 54.1 Å². The molecule has 0 radical (unpaired) electrons. The van der Waals surface area contributed by atoms with E-state index in [0.717, 1.165) is 11.4 Å². The number of carbonyl (C=O) groups excluding carboxylic acids is 2. The molecule has 5 nitrogen and oxygen atoms in total. The summed E-state index contributed by atoms with van der Waals surface area (Å²) in [5.41, 5.74) is 0.552. The number of aromatic nitrogens is 2. The molecule has 24 heavy (non-hydrogen) atoms. The number of rotatable bonds is 5. The maximum absolute atomic E-state index is 12.7. The van der Waals surface area contributed by atoms with Crippen LogP contribution < -0.4 is 0 Å². The van der Waals surface area contributed by atoms with E-state index in [9.17, 15) is 9.59 Å². The lowest BCUT2D eigenvalue weighted by Gasteiger charge is -2.26. The second kappa shape index (κ2) is 6.23. The quantitative estimate of drug-likeness (QED) is 0.794. The highest BCUT2D eigenvalue weighted by atomic mass is 16.2. The number of likely N-dealkylation sites (tertiary alicyclic amines) is 1. The highest BCUT2D eigenvalue weighted by Crippen LogP contribution is 2.39. The van der Waals surface area contributed by atoms with Crippen molar-refractivity contribution in [2.24, 2.45) is 11.3 Å². The number of imidazole rings is 1. The second-order valence-corrected chi connectivity index (χ2v) is 6.99. The Morgan fingerprint density at radius 1 is 1.17 bits per heavy atom. The van der Waals surface area contributed by atoms with Gasteiger partial charge in [-0.1, -0.05) is 44.2 Å². The summed E-state index contributed by atoms with van der Waals surface area (Å²) in [7, 11) is 0. The van der Waals surface area contributed by atoms with E-state index in [2.05, 4.69) is 4.98 Å². The zero-order valence-corrected chi connectivity index (χ0v) is 14.4. The van der Waals surface area contributed by atoms with E-state index in [4.69, 9.17) is 0 Å². The van der Waals surface area contributed by atoms with Crippen LogP contribution in [0.5, 0.6) is 0 Å². The Bertz CT molecular complexity index is 751. The fraction of sp³-hybridized carbons (Fsp3) is 0.421. The van der Waals surface area contributed by atoms with Gasteiger partial charge in [0.1, 0.15) is 5.82 Å². The smallest absolute Gasteiger partial charge is 0.236 e. The SMILES string of the molecule is CC(C)[C@@]1(C)CC(=O)N(Cc2nccn2Cc2ccccc2)C1=O. The van der Waals surface area contributed by atoms with E-state index >= 15 is 0 Å². The molecule has 1 fully saturated rings. The zero-order valence-electron chi connectivity index (χ0n) is 14.4. The van der Waals surface area contributed by atoms with E-state index < -0.39 is 5.41 Å². The minimum absolute atomic E-state index is 0.0863. The predicted molar refractivity (Wildman–Crippen MR) is 90.9 cm³/mol. The van der Waals surface area contributed by atoms with Crippen LogP contribution >= 0.6 is 0 Å². The number of hydrogen-bond donors (Lipinski definition) is 0. The van der Waals surface area contributed by atoms with E-state index in [1.165, 1.54) is 4.90 Å². The molecule has 1 aromatic carbocycles. The molecule has 2 aromatic rings. The van der Waals surface area contributed by atoms with Gasteiger partial charge in [0.2, 0.25) is 11.8 Å². The Balaban J connectivity index is 1.79. The lowest BCUT2D eigenvalue weighted by atomic mass is 9.78. The normalized spacial score (nSPS) is 21.1. The Kier molecular flexibility index (Phi) is 4.26. The molecule has 5 heteroatoms. The van der Waals surface area contributed by atoms with Crippen molar-refractivity contribution < 1.29 is 9.59 Å². The third-order valence-corrected chi connectivity index (χ3v) is 5.12. The Morgan fingerprint density at radius 3 is 2.50 bits per heavy atom. The highest BCUT2D eigenvalue weighted by Gasteiger charge is 2.50. The van der Waals surface area contributed by atoms with E-state index in [0.29, 0.717) is 6.54 Å². The first-order valence-electron chi connectivity index (χ1n) is 8.30. The summed E-state index contributed by atoms with van der Waals surface area (Å²) in [5, 5.41) is 0. The van der Waals surface area contributed by atoms with Crippen LogP contribution in [-0.4, -0.2) is 26.3 Å². The average molecular weight is 325 g/mol. The van der Waals surface area contributed by atoms with Gasteiger partial charge in [-0.05, 0) is 18.4 Å². The Morgan fingerprint density at radius 2 is 1.88 bits per heavy atom. The monoisotopic (exact) mass is 325 g/mol. The molecule has 1 saturated heterocycles. The molecule has 0 unspecified atom stereocenters. The first kappa shape index (κ1) is 16.4. The van der Waals surface area contributed by atoms with Crippen molar-refractivity contribution in [1.82, 2.24) is 14.5 Å². The first-order valence-corrected chi connectivity index (χ1v) is 8.30. The van der Waals surface area contributed by atoms with Crippen molar-refractivity contribution in [3.63, 3.8) is 0 Å². The van der Waals surface area contributed by atoms with Gasteiger partial charge in [0.15, 0.2) is 0 Å². The summed E-state index contributed by atoms with van der Waals surface area (Å²) < 4.78 is 1.99. The predicted octanol–water partition coefficient (Wildman–Crippen LogP) is 2.85. The topological polar surface area (TPSA) is 55.2 Å². The van der Waals surface area contributed by atoms with Gasteiger partial charge in [-0.2, -0.15) is 0 Å². The van der Waals surface area contributed by atoms with Crippen LogP contribution in [0.15, 0.2) is 42.7 Å². The molecule has 1 aliphatic heterocycles. The largest absolute Gasteiger partial charge is 0.329 e. The third-order valence-electron chi connectivity index (χ3n) is 5.12. The van der Waals surface area contributed by atoms with Gasteiger partial charge in [0.05, 0.1) is 12.0 Å². The minimum Gasteiger partial charge on any atom is -0.329 e. The van der Waals surface area contributed by atoms with E-state index in [-0.39, 0.29) is 30.7 Å². The molecule has 2 amide bonds. The first-order chi connectivity index (χ1) is 11.4. The van der Waals surface area contributed by atoms with Crippen LogP contribution in [0.4, 0.5) is 0 Å². The maximum atomic E-state index is 12.7. The standard InChI is InChI=1S/C19H23N3O2/c1-14(2)19(3)11-17(23)22(18(19)24)13-16-20-9-10-21(16)12-15-7-5-4-6-8-15/h4-10,14H,11-13H2,1-3H3/t19-/m1/s1. The van der Waals surface area contributed by atoms with Crippen molar-refractivity contribution in [1.29, 1.82) is 0 Å². The molecule has 1 atom stereocenters. The summed E-state index contributed by atoms with van der Waals surface area (Å²) in [6, 6.07) is 10.1. The summed E-state index contributed by atoms with van der Waals surface area (Å²) in [6.07, 6.45) is 3.88. The molecule has 0 spiro atoms. The zero-order chi connectivity index (χ0) is 17.3. The van der Waals surface area contributed by atoms with Crippen molar-refractivity contribution >= 4 is 11.8 Å². The molecule has 0 saturated carbocycles. The van der Waals surface area contributed by atoms with Crippen LogP contribution in [0.1, 0.15) is 38.6 Å². The second-order valence-electron chi connectivity index (χ2n) is 6.99. The fourth-order valence-corrected chi connectivity index (χ4v) is 3.08. The van der Waals surface area contributed by atoms with Gasteiger partial charge in [-0.15, -0.1) is 0 Å². The van der Waals surface area contributed by atoms with Crippen molar-refractivity contribution in [3.8, 4) is 0 Å². The molecule has 0 bridgehead atoms. The van der Waals surface area contributed by atoms with E-state index in [1.807, 2.05) is 61.9 Å². The molecule has 0 aliphatic carbocycles. The van der Waals surface area contributed by atoms with Crippen molar-refractivity contribution in [2.75, 3.05) is 0 Å². The van der Waals surface area contributed by atoms with Gasteiger partial charge < -0.3 is 4.57 Å². The van der Waals surface area contributed by atoms with Gasteiger partial charge in [0, 0.05) is 25.4 Å². The average Bonchev–Trinajstić information content (AvgIpc) is 3.07. The fourth-order valence-electron chi connectivity index (χ4n) is 3.08. The molecule has 3 rings (SSSR count). The summed E-state index contributed by atoms with van der Waals surface area (Å²) in [6.45, 7) is 6.78. The van der Waals surface area contributed by atoms with Crippen LogP contribution in [0, 0.1) is 11.3 Å². The van der Waals surface area contributed by atoms with Gasteiger partial charge in [-0.25, -0.2) is 4.98 Å². The number of nitrogens with zero attached hydrogens (tertiary/aromatic N) is 3. The lowest BCUT2D eigenvalue weighted by molar-refractivity contribution is -0.142. The summed E-state index contributed by atoms with van der Waals surface area (Å²) in [4.78, 5) is 30.8. The Hall–Kier alpha value is -2.43. The lowest BCUT2D eigenvalue weighted by Crippen LogP contribution is -2.37. The molecular weight excluding hydrogens is 302 g/mol.